The van der Waals surface area contributed by atoms with Crippen LogP contribution in [0.15, 0.2) is 42.5 Å². The fourth-order valence-electron chi connectivity index (χ4n) is 2.44. The van der Waals surface area contributed by atoms with Crippen molar-refractivity contribution in [3.63, 3.8) is 0 Å². The summed E-state index contributed by atoms with van der Waals surface area (Å²) in [6.45, 7) is 1.35. The van der Waals surface area contributed by atoms with Gasteiger partial charge in [-0.05, 0) is 35.4 Å². The van der Waals surface area contributed by atoms with E-state index in [4.69, 9.17) is 25.8 Å². The first-order chi connectivity index (χ1) is 12.2. The summed E-state index contributed by atoms with van der Waals surface area (Å²) in [5.41, 5.74) is 1.65. The average molecular weight is 360 g/mol. The van der Waals surface area contributed by atoms with Crippen LogP contribution in [0, 0.1) is 0 Å². The van der Waals surface area contributed by atoms with Crippen LogP contribution >= 0.6 is 11.6 Å². The van der Waals surface area contributed by atoms with E-state index in [-0.39, 0.29) is 5.91 Å². The average Bonchev–Trinajstić information content (AvgIpc) is 2.65. The van der Waals surface area contributed by atoms with Gasteiger partial charge in [0.25, 0.3) is 0 Å². The first-order valence-electron chi connectivity index (χ1n) is 7.84. The third-order valence-corrected chi connectivity index (χ3v) is 4.06. The number of amides is 1. The van der Waals surface area contributed by atoms with Gasteiger partial charge in [0.05, 0.1) is 7.11 Å². The van der Waals surface area contributed by atoms with Gasteiger partial charge in [0.1, 0.15) is 13.2 Å². The van der Waals surface area contributed by atoms with E-state index in [0.717, 1.165) is 11.1 Å². The molecule has 2 aromatic carbocycles. The summed E-state index contributed by atoms with van der Waals surface area (Å²) in [6.07, 6.45) is 3.16. The second kappa shape index (κ2) is 7.94. The zero-order valence-corrected chi connectivity index (χ0v) is 14.5. The molecule has 2 aromatic rings. The largest absolute Gasteiger partial charge is 0.493 e. The molecule has 1 aliphatic rings. The lowest BCUT2D eigenvalue weighted by molar-refractivity contribution is -0.116. The summed E-state index contributed by atoms with van der Waals surface area (Å²) in [5, 5.41) is 3.43. The summed E-state index contributed by atoms with van der Waals surface area (Å²) in [5.74, 6) is 1.57. The van der Waals surface area contributed by atoms with Gasteiger partial charge < -0.3 is 19.5 Å². The van der Waals surface area contributed by atoms with Gasteiger partial charge in [-0.15, -0.1) is 0 Å². The number of ether oxygens (including phenoxy) is 3. The molecule has 130 valence electrons. The number of halogens is 1. The Labute approximate surface area is 151 Å². The van der Waals surface area contributed by atoms with Crippen LogP contribution in [0.4, 0.5) is 0 Å². The molecule has 0 bridgehead atoms. The molecule has 1 N–H and O–H groups in total. The van der Waals surface area contributed by atoms with E-state index in [1.54, 1.807) is 25.3 Å². The van der Waals surface area contributed by atoms with Crippen molar-refractivity contribution in [2.24, 2.45) is 0 Å². The van der Waals surface area contributed by atoms with Crippen LogP contribution in [0.1, 0.15) is 11.1 Å². The van der Waals surface area contributed by atoms with Crippen LogP contribution < -0.4 is 19.5 Å². The standard InChI is InChI=1S/C19H18ClNO4/c1-23-16-10-13(11-17-19(16)25-9-8-24-17)6-7-18(22)21-12-14-4-2-3-5-15(14)20/h2-7,10-11H,8-9,12H2,1H3,(H,21,22)/b7-6+. The molecule has 0 spiro atoms. The smallest absolute Gasteiger partial charge is 0.244 e. The van der Waals surface area contributed by atoms with Gasteiger partial charge in [-0.1, -0.05) is 29.8 Å². The predicted octanol–water partition coefficient (Wildman–Crippen LogP) is 3.45. The number of methoxy groups -OCH3 is 1. The monoisotopic (exact) mass is 359 g/mol. The van der Waals surface area contributed by atoms with E-state index in [9.17, 15) is 4.79 Å². The van der Waals surface area contributed by atoms with Gasteiger partial charge >= 0.3 is 0 Å². The number of carbonyl (C=O) groups excluding carboxylic acids is 1. The number of carbonyl (C=O) groups is 1. The van der Waals surface area contributed by atoms with Crippen LogP contribution in [0.25, 0.3) is 6.08 Å². The molecule has 0 unspecified atom stereocenters. The number of rotatable bonds is 5. The van der Waals surface area contributed by atoms with Gasteiger partial charge in [-0.3, -0.25) is 4.79 Å². The summed E-state index contributed by atoms with van der Waals surface area (Å²) >= 11 is 6.07. The minimum absolute atomic E-state index is 0.214. The number of benzene rings is 2. The lowest BCUT2D eigenvalue weighted by Crippen LogP contribution is -2.20. The quantitative estimate of drug-likeness (QED) is 0.831. The molecule has 1 aliphatic heterocycles. The normalized spacial score (nSPS) is 12.9. The molecule has 0 radical (unpaired) electrons. The minimum Gasteiger partial charge on any atom is -0.493 e. The summed E-state index contributed by atoms with van der Waals surface area (Å²) < 4.78 is 16.5. The van der Waals surface area contributed by atoms with Gasteiger partial charge in [0.2, 0.25) is 11.7 Å². The highest BCUT2D eigenvalue weighted by molar-refractivity contribution is 6.31. The Kier molecular flexibility index (Phi) is 5.46. The van der Waals surface area contributed by atoms with Crippen LogP contribution in [-0.4, -0.2) is 26.2 Å². The van der Waals surface area contributed by atoms with Crippen LogP contribution in [0.3, 0.4) is 0 Å². The first-order valence-corrected chi connectivity index (χ1v) is 8.22. The Morgan fingerprint density at radius 1 is 1.28 bits per heavy atom. The van der Waals surface area contributed by atoms with Crippen molar-refractivity contribution in [1.82, 2.24) is 5.32 Å². The van der Waals surface area contributed by atoms with E-state index in [2.05, 4.69) is 5.32 Å². The molecule has 0 atom stereocenters. The lowest BCUT2D eigenvalue weighted by atomic mass is 10.1. The maximum atomic E-state index is 12.0. The SMILES string of the molecule is COc1cc(/C=C/C(=O)NCc2ccccc2Cl)cc2c1OCCO2. The van der Waals surface area contributed by atoms with Gasteiger partial charge in [0.15, 0.2) is 11.5 Å². The maximum absolute atomic E-state index is 12.0. The number of hydrogen-bond acceptors (Lipinski definition) is 4. The third-order valence-electron chi connectivity index (χ3n) is 3.69. The Morgan fingerprint density at radius 3 is 2.88 bits per heavy atom. The second-order valence-electron chi connectivity index (χ2n) is 5.39. The Hall–Kier alpha value is -2.66. The topological polar surface area (TPSA) is 56.8 Å². The van der Waals surface area contributed by atoms with Crippen molar-refractivity contribution in [1.29, 1.82) is 0 Å². The van der Waals surface area contributed by atoms with Crippen LogP contribution in [-0.2, 0) is 11.3 Å². The molecule has 0 aliphatic carbocycles. The van der Waals surface area contributed by atoms with Crippen molar-refractivity contribution in [2.75, 3.05) is 20.3 Å². The highest BCUT2D eigenvalue weighted by Gasteiger charge is 2.17. The highest BCUT2D eigenvalue weighted by Crippen LogP contribution is 2.40. The minimum atomic E-state index is -0.214. The van der Waals surface area contributed by atoms with Crippen molar-refractivity contribution in [3.05, 3.63) is 58.6 Å². The summed E-state index contributed by atoms with van der Waals surface area (Å²) in [7, 11) is 1.57. The number of hydrogen-bond donors (Lipinski definition) is 1. The van der Waals surface area contributed by atoms with Crippen molar-refractivity contribution in [3.8, 4) is 17.2 Å². The van der Waals surface area contributed by atoms with Crippen molar-refractivity contribution < 1.29 is 19.0 Å². The summed E-state index contributed by atoms with van der Waals surface area (Å²) in [6, 6.07) is 11.0. The molecule has 6 heteroatoms. The molecule has 0 fully saturated rings. The Morgan fingerprint density at radius 2 is 2.08 bits per heavy atom. The molecular weight excluding hydrogens is 342 g/mol. The van der Waals surface area contributed by atoms with Gasteiger partial charge in [-0.2, -0.15) is 0 Å². The zero-order chi connectivity index (χ0) is 17.6. The van der Waals surface area contributed by atoms with Crippen molar-refractivity contribution in [2.45, 2.75) is 6.54 Å². The zero-order valence-electron chi connectivity index (χ0n) is 13.8. The maximum Gasteiger partial charge on any atom is 0.244 e. The molecule has 5 nitrogen and oxygen atoms in total. The molecule has 25 heavy (non-hydrogen) atoms. The fraction of sp³-hybridized carbons (Fsp3) is 0.211. The molecule has 3 rings (SSSR count). The summed E-state index contributed by atoms with van der Waals surface area (Å²) in [4.78, 5) is 12.0. The van der Waals surface area contributed by atoms with Crippen LogP contribution in [0.2, 0.25) is 5.02 Å². The van der Waals surface area contributed by atoms with Crippen molar-refractivity contribution >= 4 is 23.6 Å². The van der Waals surface area contributed by atoms with Gasteiger partial charge in [-0.25, -0.2) is 0 Å². The molecule has 1 heterocycles. The second-order valence-corrected chi connectivity index (χ2v) is 5.80. The Balaban J connectivity index is 1.67. The molecule has 1 amide bonds. The van der Waals surface area contributed by atoms with E-state index < -0.39 is 0 Å². The Bertz CT molecular complexity index is 787. The first kappa shape index (κ1) is 17.2. The van der Waals surface area contributed by atoms with Gasteiger partial charge in [0, 0.05) is 17.6 Å². The van der Waals surface area contributed by atoms with Crippen LogP contribution in [0.5, 0.6) is 17.2 Å². The fourth-order valence-corrected chi connectivity index (χ4v) is 2.65. The number of nitrogens with one attached hydrogen (secondary N) is 1. The molecule has 0 saturated carbocycles. The highest BCUT2D eigenvalue weighted by atomic mass is 35.5. The van der Waals surface area contributed by atoms with E-state index in [1.807, 2.05) is 24.3 Å². The van der Waals surface area contributed by atoms with E-state index in [0.29, 0.717) is 42.0 Å². The molecular formula is C19H18ClNO4. The third kappa shape index (κ3) is 4.25. The molecule has 0 aromatic heterocycles. The predicted molar refractivity (Wildman–Crippen MR) is 96.3 cm³/mol. The molecule has 0 saturated heterocycles. The number of fused-ring (bicyclic) bond motifs is 1. The van der Waals surface area contributed by atoms with E-state index >= 15 is 0 Å². The van der Waals surface area contributed by atoms with E-state index in [1.165, 1.54) is 6.08 Å². The lowest BCUT2D eigenvalue weighted by Gasteiger charge is -2.20.